The van der Waals surface area contributed by atoms with E-state index < -0.39 is 28.6 Å². The van der Waals surface area contributed by atoms with Gasteiger partial charge in [-0.2, -0.15) is 0 Å². The summed E-state index contributed by atoms with van der Waals surface area (Å²) in [6, 6.07) is 4.78. The number of phenolic OH excluding ortho intramolecular Hbond substituents is 4. The first-order valence-corrected chi connectivity index (χ1v) is 8.42. The lowest BCUT2D eigenvalue weighted by Gasteiger charge is -2.25. The molecular formula is C20H20O8. The molecule has 8 heteroatoms. The summed E-state index contributed by atoms with van der Waals surface area (Å²) < 4.78 is 5.35. The van der Waals surface area contributed by atoms with Gasteiger partial charge in [0.2, 0.25) is 5.43 Å². The Morgan fingerprint density at radius 1 is 1.04 bits per heavy atom. The van der Waals surface area contributed by atoms with E-state index in [4.69, 9.17) is 4.42 Å². The fourth-order valence-electron chi connectivity index (χ4n) is 2.87. The molecule has 0 aliphatic rings. The Morgan fingerprint density at radius 2 is 1.71 bits per heavy atom. The van der Waals surface area contributed by atoms with Crippen molar-refractivity contribution in [3.8, 4) is 34.1 Å². The number of rotatable bonds is 4. The first kappa shape index (κ1) is 19.5. The Morgan fingerprint density at radius 3 is 2.32 bits per heavy atom. The minimum Gasteiger partial charge on any atom is -0.508 e. The third-order valence-corrected chi connectivity index (χ3v) is 4.61. The van der Waals surface area contributed by atoms with Crippen LogP contribution >= 0.6 is 0 Å². The highest BCUT2D eigenvalue weighted by atomic mass is 16.3. The minimum atomic E-state index is -1.50. The summed E-state index contributed by atoms with van der Waals surface area (Å²) in [7, 11) is 0. The molecule has 1 atom stereocenters. The summed E-state index contributed by atoms with van der Waals surface area (Å²) in [5, 5.41) is 59.9. The third-order valence-electron chi connectivity index (χ3n) is 4.61. The molecule has 0 spiro atoms. The van der Waals surface area contributed by atoms with E-state index in [0.29, 0.717) is 0 Å². The van der Waals surface area contributed by atoms with Gasteiger partial charge in [-0.05, 0) is 26.0 Å². The smallest absolute Gasteiger partial charge is 0.204 e. The summed E-state index contributed by atoms with van der Waals surface area (Å²) in [5.41, 5.74) is -2.39. The number of hydrogen-bond donors (Lipinski definition) is 6. The van der Waals surface area contributed by atoms with Gasteiger partial charge >= 0.3 is 0 Å². The van der Waals surface area contributed by atoms with Gasteiger partial charge in [0.15, 0.2) is 0 Å². The van der Waals surface area contributed by atoms with Gasteiger partial charge in [0, 0.05) is 29.7 Å². The lowest BCUT2D eigenvalue weighted by molar-refractivity contribution is -0.0472. The van der Waals surface area contributed by atoms with Crippen LogP contribution in [-0.4, -0.2) is 42.3 Å². The van der Waals surface area contributed by atoms with Crippen molar-refractivity contribution in [2.75, 3.05) is 0 Å². The molecule has 1 unspecified atom stereocenters. The van der Waals surface area contributed by atoms with Crippen LogP contribution in [0.4, 0.5) is 0 Å². The van der Waals surface area contributed by atoms with Crippen molar-refractivity contribution >= 4 is 11.0 Å². The molecule has 1 heterocycles. The van der Waals surface area contributed by atoms with Crippen LogP contribution in [0.2, 0.25) is 0 Å². The van der Waals surface area contributed by atoms with Crippen LogP contribution in [0.3, 0.4) is 0 Å². The van der Waals surface area contributed by atoms with Crippen molar-refractivity contribution in [1.82, 2.24) is 0 Å². The number of phenols is 4. The molecule has 0 amide bonds. The largest absolute Gasteiger partial charge is 0.508 e. The van der Waals surface area contributed by atoms with Gasteiger partial charge in [-0.1, -0.05) is 0 Å². The van der Waals surface area contributed by atoms with E-state index in [0.717, 1.165) is 18.4 Å². The van der Waals surface area contributed by atoms with Gasteiger partial charge in [-0.25, -0.2) is 0 Å². The molecule has 1 aromatic heterocycles. The third kappa shape index (κ3) is 3.35. The van der Waals surface area contributed by atoms with Gasteiger partial charge < -0.3 is 35.1 Å². The maximum absolute atomic E-state index is 12.9. The fraction of sp³-hybridized carbons (Fsp3) is 0.250. The first-order valence-electron chi connectivity index (χ1n) is 8.42. The highest BCUT2D eigenvalue weighted by Gasteiger charge is 2.28. The second-order valence-corrected chi connectivity index (χ2v) is 7.15. The number of hydrogen-bond acceptors (Lipinski definition) is 8. The van der Waals surface area contributed by atoms with Gasteiger partial charge in [-0.15, -0.1) is 0 Å². The molecule has 0 fully saturated rings. The van der Waals surface area contributed by atoms with Crippen LogP contribution in [0, 0.1) is 0 Å². The summed E-state index contributed by atoms with van der Waals surface area (Å²) >= 11 is 0. The summed E-state index contributed by atoms with van der Waals surface area (Å²) in [4.78, 5) is 12.9. The van der Waals surface area contributed by atoms with Gasteiger partial charge in [0.25, 0.3) is 0 Å². The Bertz CT molecular complexity index is 1110. The van der Waals surface area contributed by atoms with Crippen molar-refractivity contribution in [2.45, 2.75) is 32.0 Å². The average molecular weight is 388 g/mol. The Balaban J connectivity index is 2.23. The Hall–Kier alpha value is -3.23. The maximum atomic E-state index is 12.9. The Kier molecular flexibility index (Phi) is 4.70. The van der Waals surface area contributed by atoms with Crippen molar-refractivity contribution in [1.29, 1.82) is 0 Å². The van der Waals surface area contributed by atoms with Crippen LogP contribution in [0.1, 0.15) is 19.4 Å². The van der Waals surface area contributed by atoms with E-state index in [1.807, 2.05) is 0 Å². The molecule has 0 saturated heterocycles. The van der Waals surface area contributed by atoms with Gasteiger partial charge in [0.1, 0.15) is 40.2 Å². The van der Waals surface area contributed by atoms with Crippen molar-refractivity contribution in [2.24, 2.45) is 0 Å². The van der Waals surface area contributed by atoms with Crippen LogP contribution < -0.4 is 5.43 Å². The summed E-state index contributed by atoms with van der Waals surface area (Å²) in [6.07, 6.45) is -0.565. The van der Waals surface area contributed by atoms with E-state index in [-0.39, 0.29) is 45.6 Å². The molecule has 3 aromatic rings. The average Bonchev–Trinajstić information content (AvgIpc) is 2.58. The van der Waals surface area contributed by atoms with Crippen LogP contribution in [-0.2, 0) is 6.42 Å². The predicted octanol–water partition coefficient (Wildman–Crippen LogP) is 1.96. The zero-order chi connectivity index (χ0) is 20.8. The van der Waals surface area contributed by atoms with Crippen molar-refractivity contribution in [3.63, 3.8) is 0 Å². The molecule has 0 aliphatic carbocycles. The standard InChI is InChI=1S/C20H20O8/c1-20(2,27)16(24)6-11-14(23)7-15-17(18(11)25)19(26)12(8-28-15)10-4-3-9(21)5-13(10)22/h3-5,7-8,16,21-25,27H,6H2,1-2H3. The SMILES string of the molecule is CC(C)(O)C(O)Cc1c(O)cc2occ(-c3ccc(O)cc3O)c(=O)c2c1O. The number of benzene rings is 2. The molecular weight excluding hydrogens is 368 g/mol. The zero-order valence-corrected chi connectivity index (χ0v) is 15.2. The molecule has 0 bridgehead atoms. The fourth-order valence-corrected chi connectivity index (χ4v) is 2.87. The van der Waals surface area contributed by atoms with Crippen LogP contribution in [0.15, 0.2) is 39.7 Å². The van der Waals surface area contributed by atoms with E-state index in [1.54, 1.807) is 0 Å². The Labute approximate surface area is 159 Å². The minimum absolute atomic E-state index is 0.0695. The molecule has 0 saturated carbocycles. The lowest BCUT2D eigenvalue weighted by atomic mass is 9.93. The number of aliphatic hydroxyl groups excluding tert-OH is 1. The predicted molar refractivity (Wildman–Crippen MR) is 101 cm³/mol. The first-order chi connectivity index (χ1) is 13.0. The van der Waals surface area contributed by atoms with Crippen LogP contribution in [0.25, 0.3) is 22.1 Å². The number of aromatic hydroxyl groups is 4. The summed E-state index contributed by atoms with van der Waals surface area (Å²) in [6.45, 7) is 2.74. The maximum Gasteiger partial charge on any atom is 0.204 e. The van der Waals surface area contributed by atoms with Crippen LogP contribution in [0.5, 0.6) is 23.0 Å². The van der Waals surface area contributed by atoms with E-state index >= 15 is 0 Å². The highest BCUT2D eigenvalue weighted by molar-refractivity contribution is 5.90. The van der Waals surface area contributed by atoms with E-state index in [1.165, 1.54) is 26.0 Å². The van der Waals surface area contributed by atoms with Gasteiger partial charge in [0.05, 0.1) is 17.3 Å². The monoisotopic (exact) mass is 388 g/mol. The second-order valence-electron chi connectivity index (χ2n) is 7.15. The topological polar surface area (TPSA) is 152 Å². The lowest BCUT2D eigenvalue weighted by Crippen LogP contribution is -2.37. The second kappa shape index (κ2) is 6.74. The molecule has 148 valence electrons. The number of fused-ring (bicyclic) bond motifs is 1. The molecule has 2 aromatic carbocycles. The molecule has 0 radical (unpaired) electrons. The quantitative estimate of drug-likeness (QED) is 0.397. The number of aliphatic hydroxyl groups is 2. The molecule has 0 aliphatic heterocycles. The molecule has 28 heavy (non-hydrogen) atoms. The zero-order valence-electron chi connectivity index (χ0n) is 15.2. The van der Waals surface area contributed by atoms with E-state index in [9.17, 15) is 35.4 Å². The normalized spacial score (nSPS) is 13.0. The molecule has 8 nitrogen and oxygen atoms in total. The van der Waals surface area contributed by atoms with Gasteiger partial charge in [-0.3, -0.25) is 4.79 Å². The molecule has 3 rings (SSSR count). The van der Waals surface area contributed by atoms with Crippen molar-refractivity contribution in [3.05, 3.63) is 46.3 Å². The summed E-state index contributed by atoms with van der Waals surface area (Å²) in [5.74, 6) is -1.55. The highest BCUT2D eigenvalue weighted by Crippen LogP contribution is 2.38. The molecule has 6 N–H and O–H groups in total. The van der Waals surface area contributed by atoms with E-state index in [2.05, 4.69) is 0 Å². The van der Waals surface area contributed by atoms with Crippen molar-refractivity contribution < 1.29 is 35.1 Å².